The Balaban J connectivity index is 2.13. The number of aryl methyl sites for hydroxylation is 1. The summed E-state index contributed by atoms with van der Waals surface area (Å²) in [6, 6.07) is 4.04. The second-order valence-corrected chi connectivity index (χ2v) is 5.76. The van der Waals surface area contributed by atoms with Gasteiger partial charge in [0.2, 0.25) is 5.91 Å². The van der Waals surface area contributed by atoms with Crippen molar-refractivity contribution >= 4 is 17.7 Å². The van der Waals surface area contributed by atoms with Crippen LogP contribution in [0.3, 0.4) is 0 Å². The second-order valence-electron chi connectivity index (χ2n) is 4.57. The summed E-state index contributed by atoms with van der Waals surface area (Å²) in [4.78, 5) is 14.0. The van der Waals surface area contributed by atoms with Crippen molar-refractivity contribution in [2.75, 3.05) is 12.3 Å². The molecule has 1 saturated heterocycles. The number of furan rings is 1. The summed E-state index contributed by atoms with van der Waals surface area (Å²) in [5.74, 6) is 3.09. The van der Waals surface area contributed by atoms with E-state index in [1.165, 1.54) is 0 Å². The van der Waals surface area contributed by atoms with Gasteiger partial charge in [0, 0.05) is 25.1 Å². The Labute approximate surface area is 113 Å². The molecule has 4 heteroatoms. The lowest BCUT2D eigenvalue weighted by Crippen LogP contribution is -2.37. The minimum Gasteiger partial charge on any atom is -0.463 e. The molecular weight excluding hydrogens is 246 g/mol. The number of carbonyl (C=O) groups excluding carboxylic acids is 1. The summed E-state index contributed by atoms with van der Waals surface area (Å²) < 4.78 is 5.82. The van der Waals surface area contributed by atoms with Crippen molar-refractivity contribution < 1.29 is 9.21 Å². The van der Waals surface area contributed by atoms with E-state index in [-0.39, 0.29) is 11.3 Å². The maximum Gasteiger partial charge on any atom is 0.224 e. The van der Waals surface area contributed by atoms with Gasteiger partial charge in [-0.3, -0.25) is 4.79 Å². The van der Waals surface area contributed by atoms with Gasteiger partial charge in [0.25, 0.3) is 0 Å². The Hall–Kier alpha value is -0.900. The Morgan fingerprint density at radius 1 is 1.44 bits per heavy atom. The third-order valence-electron chi connectivity index (χ3n) is 3.22. The molecule has 1 unspecified atom stereocenters. The molecule has 18 heavy (non-hydrogen) atoms. The van der Waals surface area contributed by atoms with Crippen LogP contribution in [-0.4, -0.2) is 23.1 Å². The van der Waals surface area contributed by atoms with Gasteiger partial charge in [-0.15, -0.1) is 11.8 Å². The van der Waals surface area contributed by atoms with E-state index in [9.17, 15) is 4.79 Å². The predicted molar refractivity (Wildman–Crippen MR) is 74.5 cm³/mol. The summed E-state index contributed by atoms with van der Waals surface area (Å²) in [5, 5.41) is 0.0816. The van der Waals surface area contributed by atoms with Crippen LogP contribution in [0.5, 0.6) is 0 Å². The lowest BCUT2D eigenvalue weighted by molar-refractivity contribution is -0.132. The first-order chi connectivity index (χ1) is 8.76. The summed E-state index contributed by atoms with van der Waals surface area (Å²) in [7, 11) is 0. The molecule has 1 fully saturated rings. The SMILES string of the molecule is CCCCN1C(=O)CCSC1c1ccc(CC)o1. The average molecular weight is 267 g/mol. The Bertz CT molecular complexity index is 402. The van der Waals surface area contributed by atoms with Gasteiger partial charge in [0.15, 0.2) is 0 Å². The minimum atomic E-state index is 0.0816. The van der Waals surface area contributed by atoms with Crippen molar-refractivity contribution in [1.29, 1.82) is 0 Å². The van der Waals surface area contributed by atoms with Crippen LogP contribution in [0.2, 0.25) is 0 Å². The van der Waals surface area contributed by atoms with E-state index in [1.54, 1.807) is 0 Å². The van der Waals surface area contributed by atoms with Crippen LogP contribution in [0, 0.1) is 0 Å². The van der Waals surface area contributed by atoms with Gasteiger partial charge in [-0.1, -0.05) is 20.3 Å². The maximum absolute atomic E-state index is 12.0. The number of hydrogen-bond acceptors (Lipinski definition) is 3. The molecule has 0 N–H and O–H groups in total. The number of hydrogen-bond donors (Lipinski definition) is 0. The van der Waals surface area contributed by atoms with Crippen LogP contribution < -0.4 is 0 Å². The third-order valence-corrected chi connectivity index (χ3v) is 4.46. The van der Waals surface area contributed by atoms with Gasteiger partial charge >= 0.3 is 0 Å². The minimum absolute atomic E-state index is 0.0816. The van der Waals surface area contributed by atoms with Crippen molar-refractivity contribution in [3.63, 3.8) is 0 Å². The highest BCUT2D eigenvalue weighted by Crippen LogP contribution is 2.38. The molecule has 1 aliphatic heterocycles. The fourth-order valence-corrected chi connectivity index (χ4v) is 3.36. The normalized spacial score (nSPS) is 20.4. The number of nitrogens with zero attached hydrogens (tertiary/aromatic N) is 1. The van der Waals surface area contributed by atoms with Crippen LogP contribution in [-0.2, 0) is 11.2 Å². The van der Waals surface area contributed by atoms with Crippen molar-refractivity contribution in [1.82, 2.24) is 4.90 Å². The van der Waals surface area contributed by atoms with Crippen molar-refractivity contribution in [2.45, 2.75) is 44.9 Å². The molecule has 0 aromatic carbocycles. The highest BCUT2D eigenvalue weighted by Gasteiger charge is 2.31. The van der Waals surface area contributed by atoms with Gasteiger partial charge in [-0.25, -0.2) is 0 Å². The van der Waals surface area contributed by atoms with Crippen LogP contribution in [0.4, 0.5) is 0 Å². The Morgan fingerprint density at radius 2 is 2.28 bits per heavy atom. The molecule has 1 amide bonds. The standard InChI is InChI=1S/C14H21NO2S/c1-3-5-9-15-13(16)8-10-18-14(15)12-7-6-11(4-2)17-12/h6-7,14H,3-5,8-10H2,1-2H3. The van der Waals surface area contributed by atoms with E-state index in [2.05, 4.69) is 13.8 Å². The fraction of sp³-hybridized carbons (Fsp3) is 0.643. The third kappa shape index (κ3) is 2.91. The number of unbranched alkanes of at least 4 members (excludes halogenated alkanes) is 1. The summed E-state index contributed by atoms with van der Waals surface area (Å²) in [6.45, 7) is 5.07. The van der Waals surface area contributed by atoms with Crippen LogP contribution >= 0.6 is 11.8 Å². The first-order valence-corrected chi connectivity index (χ1v) is 7.80. The molecule has 100 valence electrons. The molecule has 1 aromatic rings. The van der Waals surface area contributed by atoms with Gasteiger partial charge in [-0.05, 0) is 18.6 Å². The van der Waals surface area contributed by atoms with Crippen molar-refractivity contribution in [2.24, 2.45) is 0 Å². The topological polar surface area (TPSA) is 33.5 Å². The van der Waals surface area contributed by atoms with Crippen LogP contribution in [0.1, 0.15) is 50.0 Å². The number of amides is 1. The van der Waals surface area contributed by atoms with Gasteiger partial charge in [0.05, 0.1) is 0 Å². The van der Waals surface area contributed by atoms with Crippen LogP contribution in [0.15, 0.2) is 16.5 Å². The number of carbonyl (C=O) groups is 1. The molecule has 0 saturated carbocycles. The predicted octanol–water partition coefficient (Wildman–Crippen LogP) is 3.61. The molecule has 0 aliphatic carbocycles. The number of thioether (sulfide) groups is 1. The van der Waals surface area contributed by atoms with Crippen LogP contribution in [0.25, 0.3) is 0 Å². The first-order valence-electron chi connectivity index (χ1n) is 6.76. The zero-order valence-corrected chi connectivity index (χ0v) is 12.0. The van der Waals surface area contributed by atoms with Gasteiger partial charge in [-0.2, -0.15) is 0 Å². The highest BCUT2D eigenvalue weighted by molar-refractivity contribution is 7.99. The average Bonchev–Trinajstić information content (AvgIpc) is 2.85. The monoisotopic (exact) mass is 267 g/mol. The Morgan fingerprint density at radius 3 is 2.94 bits per heavy atom. The molecule has 1 atom stereocenters. The smallest absolute Gasteiger partial charge is 0.224 e. The van der Waals surface area contributed by atoms with E-state index in [1.807, 2.05) is 28.8 Å². The van der Waals surface area contributed by atoms with E-state index in [0.717, 1.165) is 43.1 Å². The number of rotatable bonds is 5. The first kappa shape index (κ1) is 13.5. The zero-order valence-electron chi connectivity index (χ0n) is 11.1. The molecule has 1 aliphatic rings. The largest absolute Gasteiger partial charge is 0.463 e. The second kappa shape index (κ2) is 6.32. The molecule has 0 radical (unpaired) electrons. The van der Waals surface area contributed by atoms with E-state index >= 15 is 0 Å². The van der Waals surface area contributed by atoms with Gasteiger partial charge in [0.1, 0.15) is 16.9 Å². The Kier molecular flexibility index (Phi) is 4.75. The molecule has 3 nitrogen and oxygen atoms in total. The molecular formula is C14H21NO2S. The van der Waals surface area contributed by atoms with Crippen molar-refractivity contribution in [3.8, 4) is 0 Å². The lowest BCUT2D eigenvalue weighted by Gasteiger charge is -2.33. The molecule has 0 bridgehead atoms. The zero-order chi connectivity index (χ0) is 13.0. The molecule has 2 rings (SSSR count). The summed E-state index contributed by atoms with van der Waals surface area (Å²) in [6.07, 6.45) is 3.73. The molecule has 2 heterocycles. The van der Waals surface area contributed by atoms with E-state index in [0.29, 0.717) is 6.42 Å². The van der Waals surface area contributed by atoms with Crippen molar-refractivity contribution in [3.05, 3.63) is 23.7 Å². The fourth-order valence-electron chi connectivity index (χ4n) is 2.15. The maximum atomic E-state index is 12.0. The van der Waals surface area contributed by atoms with Gasteiger partial charge < -0.3 is 9.32 Å². The van der Waals surface area contributed by atoms with E-state index < -0.39 is 0 Å². The highest BCUT2D eigenvalue weighted by atomic mass is 32.2. The summed E-state index contributed by atoms with van der Waals surface area (Å²) >= 11 is 1.81. The molecule has 1 aromatic heterocycles. The molecule has 0 spiro atoms. The summed E-state index contributed by atoms with van der Waals surface area (Å²) in [5.41, 5.74) is 0. The quantitative estimate of drug-likeness (QED) is 0.817. The van der Waals surface area contributed by atoms with E-state index in [4.69, 9.17) is 4.42 Å². The lowest BCUT2D eigenvalue weighted by atomic mass is 10.2.